The van der Waals surface area contributed by atoms with Crippen LogP contribution in [-0.4, -0.2) is 30.6 Å². The van der Waals surface area contributed by atoms with E-state index in [1.165, 1.54) is 12.0 Å². The molecule has 0 fully saturated rings. The molecule has 2 aromatic carbocycles. The fourth-order valence-electron chi connectivity index (χ4n) is 2.19. The first-order chi connectivity index (χ1) is 11.6. The van der Waals surface area contributed by atoms with Gasteiger partial charge >= 0.3 is 12.1 Å². The molecular formula is C18H18ClNO4. The van der Waals surface area contributed by atoms with Crippen molar-refractivity contribution in [2.75, 3.05) is 13.7 Å². The van der Waals surface area contributed by atoms with Crippen LogP contribution in [0.4, 0.5) is 4.79 Å². The van der Waals surface area contributed by atoms with Crippen LogP contribution in [0.5, 0.6) is 0 Å². The lowest BCUT2D eigenvalue weighted by Gasteiger charge is -2.29. The zero-order valence-corrected chi connectivity index (χ0v) is 14.2. The third-order valence-corrected chi connectivity index (χ3v) is 3.67. The van der Waals surface area contributed by atoms with Crippen molar-refractivity contribution in [3.8, 4) is 0 Å². The Morgan fingerprint density at radius 1 is 1.08 bits per heavy atom. The Morgan fingerprint density at radius 3 is 2.25 bits per heavy atom. The normalized spacial score (nSPS) is 11.5. The number of halogens is 1. The third-order valence-electron chi connectivity index (χ3n) is 3.42. The molecule has 0 heterocycles. The van der Waals surface area contributed by atoms with Gasteiger partial charge in [0, 0.05) is 17.1 Å². The van der Waals surface area contributed by atoms with E-state index < -0.39 is 18.3 Å². The molecule has 126 valence electrons. The zero-order chi connectivity index (χ0) is 17.5. The molecule has 24 heavy (non-hydrogen) atoms. The van der Waals surface area contributed by atoms with Gasteiger partial charge < -0.3 is 9.47 Å². The third kappa shape index (κ3) is 4.26. The molecule has 1 atom stereocenters. The van der Waals surface area contributed by atoms with Gasteiger partial charge in [-0.2, -0.15) is 0 Å². The number of carbonyl (C=O) groups is 2. The van der Waals surface area contributed by atoms with E-state index in [9.17, 15) is 9.59 Å². The molecule has 1 unspecified atom stereocenters. The molecule has 0 N–H and O–H groups in total. The van der Waals surface area contributed by atoms with E-state index in [0.717, 1.165) is 0 Å². The van der Waals surface area contributed by atoms with Crippen LogP contribution >= 0.6 is 11.6 Å². The minimum absolute atomic E-state index is 0.308. The molecule has 0 aromatic heterocycles. The van der Waals surface area contributed by atoms with E-state index in [4.69, 9.17) is 21.1 Å². The number of ether oxygens (including phenoxy) is 2. The van der Waals surface area contributed by atoms with Crippen molar-refractivity contribution in [3.05, 3.63) is 70.7 Å². The molecule has 0 spiro atoms. The van der Waals surface area contributed by atoms with Crippen molar-refractivity contribution in [1.82, 2.24) is 4.90 Å². The van der Waals surface area contributed by atoms with Gasteiger partial charge in [0.05, 0.1) is 12.7 Å². The molecule has 0 saturated carbocycles. The number of rotatable bonds is 5. The summed E-state index contributed by atoms with van der Waals surface area (Å²) < 4.78 is 10.4. The van der Waals surface area contributed by atoms with Gasteiger partial charge in [-0.25, -0.2) is 9.59 Å². The smallest absolute Gasteiger partial charge is 0.412 e. The Morgan fingerprint density at radius 2 is 1.71 bits per heavy atom. The van der Waals surface area contributed by atoms with Crippen molar-refractivity contribution in [3.63, 3.8) is 0 Å². The molecule has 0 radical (unpaired) electrons. The Hall–Kier alpha value is -2.53. The Labute approximate surface area is 145 Å². The Kier molecular flexibility index (Phi) is 6.21. The summed E-state index contributed by atoms with van der Waals surface area (Å²) in [6.07, 6.45) is -1.49. The van der Waals surface area contributed by atoms with Crippen LogP contribution in [0.1, 0.15) is 29.1 Å². The number of carbonyl (C=O) groups excluding carboxylic acids is 2. The second kappa shape index (κ2) is 8.36. The van der Waals surface area contributed by atoms with Crippen molar-refractivity contribution in [2.24, 2.45) is 0 Å². The second-order valence-electron chi connectivity index (χ2n) is 4.93. The molecule has 2 rings (SSSR count). The number of methoxy groups -OCH3 is 1. The molecule has 0 saturated heterocycles. The van der Waals surface area contributed by atoms with E-state index in [2.05, 4.69) is 0 Å². The number of hydrogen-bond acceptors (Lipinski definition) is 4. The van der Waals surface area contributed by atoms with Crippen molar-refractivity contribution >= 4 is 23.7 Å². The summed E-state index contributed by atoms with van der Waals surface area (Å²) in [5, 5.41) is 0.549. The number of nitrogens with zero attached hydrogens (tertiary/aromatic N) is 1. The monoisotopic (exact) mass is 347 g/mol. The molecule has 1 amide bonds. The zero-order valence-electron chi connectivity index (χ0n) is 13.4. The number of esters is 1. The Bertz CT molecular complexity index is 688. The van der Waals surface area contributed by atoms with Crippen LogP contribution in [0.2, 0.25) is 5.02 Å². The van der Waals surface area contributed by atoms with E-state index >= 15 is 0 Å². The summed E-state index contributed by atoms with van der Waals surface area (Å²) in [7, 11) is 1.28. The molecule has 0 bridgehead atoms. The SMILES string of the molecule is CCN(C(=O)OC)C(OC(=O)c1ccccc1)c1ccc(Cl)cc1. The summed E-state index contributed by atoms with van der Waals surface area (Å²) in [5.41, 5.74) is 1.02. The van der Waals surface area contributed by atoms with Crippen LogP contribution in [0, 0.1) is 0 Å². The Balaban J connectivity index is 2.33. The maximum Gasteiger partial charge on any atom is 0.412 e. The van der Waals surface area contributed by atoms with Crippen LogP contribution in [0.3, 0.4) is 0 Å². The molecule has 0 aliphatic rings. The van der Waals surface area contributed by atoms with Gasteiger partial charge in [0.2, 0.25) is 6.23 Å². The average Bonchev–Trinajstić information content (AvgIpc) is 2.62. The van der Waals surface area contributed by atoms with Crippen LogP contribution in [0.15, 0.2) is 54.6 Å². The first-order valence-electron chi connectivity index (χ1n) is 7.43. The van der Waals surface area contributed by atoms with E-state index in [-0.39, 0.29) is 0 Å². The van der Waals surface area contributed by atoms with Crippen molar-refractivity contribution < 1.29 is 19.1 Å². The largest absolute Gasteiger partial charge is 0.453 e. The fraction of sp³-hybridized carbons (Fsp3) is 0.222. The molecule has 0 aliphatic carbocycles. The van der Waals surface area contributed by atoms with Gasteiger partial charge in [0.25, 0.3) is 0 Å². The van der Waals surface area contributed by atoms with Crippen LogP contribution in [0.25, 0.3) is 0 Å². The van der Waals surface area contributed by atoms with Gasteiger partial charge in [-0.05, 0) is 31.2 Å². The lowest BCUT2D eigenvalue weighted by molar-refractivity contribution is -0.0275. The highest BCUT2D eigenvalue weighted by molar-refractivity contribution is 6.30. The van der Waals surface area contributed by atoms with Crippen LogP contribution in [-0.2, 0) is 9.47 Å². The summed E-state index contributed by atoms with van der Waals surface area (Å²) in [6, 6.07) is 15.3. The number of hydrogen-bond donors (Lipinski definition) is 0. The highest BCUT2D eigenvalue weighted by atomic mass is 35.5. The highest BCUT2D eigenvalue weighted by Gasteiger charge is 2.28. The predicted molar refractivity (Wildman–Crippen MR) is 90.8 cm³/mol. The average molecular weight is 348 g/mol. The molecule has 2 aromatic rings. The minimum Gasteiger partial charge on any atom is -0.453 e. The summed E-state index contributed by atoms with van der Waals surface area (Å²) in [5.74, 6) is -0.530. The fourth-order valence-corrected chi connectivity index (χ4v) is 2.32. The maximum atomic E-state index is 12.4. The molecular weight excluding hydrogens is 330 g/mol. The maximum absolute atomic E-state index is 12.4. The number of amides is 1. The molecule has 5 nitrogen and oxygen atoms in total. The lowest BCUT2D eigenvalue weighted by Crippen LogP contribution is -2.37. The standard InChI is InChI=1S/C18H18ClNO4/c1-3-20(18(22)23-2)16(13-9-11-15(19)12-10-13)24-17(21)14-7-5-4-6-8-14/h4-12,16H,3H2,1-2H3. The van der Waals surface area contributed by atoms with E-state index in [1.54, 1.807) is 61.5 Å². The van der Waals surface area contributed by atoms with Gasteiger partial charge in [-0.3, -0.25) is 4.90 Å². The summed E-state index contributed by atoms with van der Waals surface area (Å²) in [6.45, 7) is 2.08. The van der Waals surface area contributed by atoms with Gasteiger partial charge in [0.15, 0.2) is 0 Å². The van der Waals surface area contributed by atoms with Crippen molar-refractivity contribution in [2.45, 2.75) is 13.2 Å². The van der Waals surface area contributed by atoms with Gasteiger partial charge in [0.1, 0.15) is 0 Å². The quantitative estimate of drug-likeness (QED) is 0.598. The predicted octanol–water partition coefficient (Wildman–Crippen LogP) is 4.28. The number of benzene rings is 2. The topological polar surface area (TPSA) is 55.8 Å². The van der Waals surface area contributed by atoms with Crippen molar-refractivity contribution in [1.29, 1.82) is 0 Å². The van der Waals surface area contributed by atoms with Gasteiger partial charge in [-0.15, -0.1) is 0 Å². The highest BCUT2D eigenvalue weighted by Crippen LogP contribution is 2.25. The van der Waals surface area contributed by atoms with Crippen LogP contribution < -0.4 is 0 Å². The minimum atomic E-state index is -0.910. The first-order valence-corrected chi connectivity index (χ1v) is 7.80. The summed E-state index contributed by atoms with van der Waals surface area (Å²) in [4.78, 5) is 25.8. The summed E-state index contributed by atoms with van der Waals surface area (Å²) >= 11 is 5.91. The second-order valence-corrected chi connectivity index (χ2v) is 5.37. The first kappa shape index (κ1) is 17.8. The molecule has 6 heteroatoms. The molecule has 0 aliphatic heterocycles. The lowest BCUT2D eigenvalue weighted by atomic mass is 10.1. The van der Waals surface area contributed by atoms with E-state index in [0.29, 0.717) is 22.7 Å². The van der Waals surface area contributed by atoms with Gasteiger partial charge in [-0.1, -0.05) is 41.9 Å². The van der Waals surface area contributed by atoms with E-state index in [1.807, 2.05) is 0 Å².